The summed E-state index contributed by atoms with van der Waals surface area (Å²) in [5.74, 6) is 0.0203. The van der Waals surface area contributed by atoms with Gasteiger partial charge in [0.05, 0.1) is 18.0 Å². The van der Waals surface area contributed by atoms with Gasteiger partial charge in [0.25, 0.3) is 5.91 Å². The molecule has 0 radical (unpaired) electrons. The third kappa shape index (κ3) is 3.22. The number of rotatable bonds is 5. The molecular formula is C15H17N3O2S. The van der Waals surface area contributed by atoms with Crippen molar-refractivity contribution >= 4 is 22.9 Å². The van der Waals surface area contributed by atoms with Crippen molar-refractivity contribution in [2.24, 2.45) is 0 Å². The van der Waals surface area contributed by atoms with E-state index in [2.05, 4.69) is 21.7 Å². The van der Waals surface area contributed by atoms with E-state index in [1.807, 2.05) is 18.3 Å². The highest BCUT2D eigenvalue weighted by Crippen LogP contribution is 2.20. The predicted molar refractivity (Wildman–Crippen MR) is 82.6 cm³/mol. The van der Waals surface area contributed by atoms with Crippen LogP contribution >= 0.6 is 11.3 Å². The van der Waals surface area contributed by atoms with E-state index in [0.717, 1.165) is 33.1 Å². The van der Waals surface area contributed by atoms with Crippen molar-refractivity contribution in [1.82, 2.24) is 10.3 Å². The van der Waals surface area contributed by atoms with Crippen LogP contribution in [-0.2, 0) is 24.3 Å². The van der Waals surface area contributed by atoms with E-state index < -0.39 is 0 Å². The molecule has 0 unspecified atom stereocenters. The molecule has 0 aliphatic carbocycles. The first-order valence-corrected chi connectivity index (χ1v) is 7.65. The molecule has 1 amide bonds. The van der Waals surface area contributed by atoms with Gasteiger partial charge in [-0.25, -0.2) is 4.98 Å². The Morgan fingerprint density at radius 3 is 3.24 bits per heavy atom. The molecule has 5 nitrogen and oxygen atoms in total. The number of thiazole rings is 1. The molecule has 0 saturated heterocycles. The highest BCUT2D eigenvalue weighted by atomic mass is 32.1. The van der Waals surface area contributed by atoms with Gasteiger partial charge in [-0.1, -0.05) is 0 Å². The third-order valence-electron chi connectivity index (χ3n) is 3.36. The normalized spacial score (nSPS) is 13.7. The summed E-state index contributed by atoms with van der Waals surface area (Å²) in [4.78, 5) is 17.2. The number of hydrogen-bond donors (Lipinski definition) is 2. The number of fused-ring (bicyclic) bond motifs is 1. The average Bonchev–Trinajstić information content (AvgIpc) is 2.93. The summed E-state index contributed by atoms with van der Waals surface area (Å²) in [6.07, 6.45) is 2.73. The third-order valence-corrected chi connectivity index (χ3v) is 4.33. The van der Waals surface area contributed by atoms with E-state index in [1.54, 1.807) is 18.4 Å². The van der Waals surface area contributed by atoms with Crippen LogP contribution in [0.4, 0.5) is 5.69 Å². The van der Waals surface area contributed by atoms with Gasteiger partial charge in [0.1, 0.15) is 5.01 Å². The van der Waals surface area contributed by atoms with Gasteiger partial charge in [0.15, 0.2) is 0 Å². The summed E-state index contributed by atoms with van der Waals surface area (Å²) in [7, 11) is 1.68. The molecule has 1 aromatic heterocycles. The summed E-state index contributed by atoms with van der Waals surface area (Å²) in [5, 5.41) is 7.23. The first-order valence-electron chi connectivity index (χ1n) is 6.84. The fraction of sp³-hybridized carbons (Fsp3) is 0.333. The van der Waals surface area contributed by atoms with Crippen LogP contribution in [0.25, 0.3) is 0 Å². The Morgan fingerprint density at radius 2 is 2.38 bits per heavy atom. The topological polar surface area (TPSA) is 63.2 Å². The predicted octanol–water partition coefficient (Wildman–Crippen LogP) is 2.19. The maximum Gasteiger partial charge on any atom is 0.251 e. The number of anilines is 1. The van der Waals surface area contributed by atoms with Crippen LogP contribution in [0.15, 0.2) is 24.4 Å². The van der Waals surface area contributed by atoms with Crippen LogP contribution in [0.5, 0.6) is 0 Å². The first-order chi connectivity index (χ1) is 10.3. The molecule has 0 saturated carbocycles. The van der Waals surface area contributed by atoms with Crippen LogP contribution in [0.2, 0.25) is 0 Å². The van der Waals surface area contributed by atoms with Gasteiger partial charge in [-0.2, -0.15) is 0 Å². The van der Waals surface area contributed by atoms with Crippen molar-refractivity contribution in [3.05, 3.63) is 45.4 Å². The van der Waals surface area contributed by atoms with Crippen molar-refractivity contribution in [3.8, 4) is 0 Å². The number of ether oxygens (including phenoxy) is 1. The van der Waals surface area contributed by atoms with E-state index in [1.165, 1.54) is 0 Å². The zero-order valence-electron chi connectivity index (χ0n) is 11.8. The van der Waals surface area contributed by atoms with Crippen LogP contribution < -0.4 is 10.6 Å². The van der Waals surface area contributed by atoms with Gasteiger partial charge in [0, 0.05) is 31.1 Å². The Kier molecular flexibility index (Phi) is 4.17. The van der Waals surface area contributed by atoms with Crippen LogP contribution in [-0.4, -0.2) is 24.5 Å². The summed E-state index contributed by atoms with van der Waals surface area (Å²) < 4.78 is 5.09. The van der Waals surface area contributed by atoms with Gasteiger partial charge >= 0.3 is 0 Å². The van der Waals surface area contributed by atoms with Gasteiger partial charge in [-0.3, -0.25) is 4.79 Å². The molecule has 2 aromatic rings. The van der Waals surface area contributed by atoms with E-state index in [0.29, 0.717) is 19.7 Å². The van der Waals surface area contributed by atoms with E-state index >= 15 is 0 Å². The monoisotopic (exact) mass is 303 g/mol. The second-order valence-electron chi connectivity index (χ2n) is 4.88. The van der Waals surface area contributed by atoms with Crippen LogP contribution in [0.3, 0.4) is 0 Å². The van der Waals surface area contributed by atoms with Crippen molar-refractivity contribution < 1.29 is 9.53 Å². The lowest BCUT2D eigenvalue weighted by Gasteiger charge is -2.17. The fourth-order valence-electron chi connectivity index (χ4n) is 2.35. The minimum absolute atomic E-state index is 0.0203. The molecule has 6 heteroatoms. The quantitative estimate of drug-likeness (QED) is 0.889. The number of carbonyl (C=O) groups is 1. The van der Waals surface area contributed by atoms with Crippen LogP contribution in [0, 0.1) is 0 Å². The summed E-state index contributed by atoms with van der Waals surface area (Å²) in [6.45, 7) is 1.99. The Bertz CT molecular complexity index is 654. The minimum atomic E-state index is 0.0203. The number of benzene rings is 1. The summed E-state index contributed by atoms with van der Waals surface area (Å²) in [5.41, 5.74) is 2.90. The smallest absolute Gasteiger partial charge is 0.251 e. The molecule has 1 aliphatic heterocycles. The summed E-state index contributed by atoms with van der Waals surface area (Å²) in [6, 6.07) is 5.87. The molecule has 0 atom stereocenters. The van der Waals surface area contributed by atoms with Crippen LogP contribution in [0.1, 0.15) is 25.8 Å². The highest BCUT2D eigenvalue weighted by Gasteiger charge is 2.16. The fourth-order valence-corrected chi connectivity index (χ4v) is 3.19. The van der Waals surface area contributed by atoms with Crippen molar-refractivity contribution in [3.63, 3.8) is 0 Å². The molecule has 0 fully saturated rings. The number of methoxy groups -OCH3 is 1. The zero-order chi connectivity index (χ0) is 14.7. The van der Waals surface area contributed by atoms with Gasteiger partial charge < -0.3 is 15.4 Å². The molecular weight excluding hydrogens is 286 g/mol. The first kappa shape index (κ1) is 14.0. The minimum Gasteiger partial charge on any atom is -0.379 e. The van der Waals surface area contributed by atoms with E-state index in [4.69, 9.17) is 4.74 Å². The second-order valence-corrected chi connectivity index (χ2v) is 6.08. The van der Waals surface area contributed by atoms with Gasteiger partial charge in [-0.05, 0) is 30.2 Å². The Morgan fingerprint density at radius 1 is 1.48 bits per heavy atom. The Balaban J connectivity index is 1.66. The molecule has 2 N–H and O–H groups in total. The van der Waals surface area contributed by atoms with Crippen molar-refractivity contribution in [2.75, 3.05) is 19.0 Å². The summed E-state index contributed by atoms with van der Waals surface area (Å²) >= 11 is 1.64. The number of nitrogens with zero attached hydrogens (tertiary/aromatic N) is 1. The Labute approximate surface area is 127 Å². The molecule has 0 spiro atoms. The maximum absolute atomic E-state index is 11.7. The van der Waals surface area contributed by atoms with E-state index in [-0.39, 0.29) is 5.91 Å². The zero-order valence-corrected chi connectivity index (χ0v) is 12.6. The largest absolute Gasteiger partial charge is 0.379 e. The lowest BCUT2D eigenvalue weighted by atomic mass is 10.00. The molecule has 0 bridgehead atoms. The highest BCUT2D eigenvalue weighted by molar-refractivity contribution is 7.11. The lowest BCUT2D eigenvalue weighted by molar-refractivity contribution is 0.0946. The molecule has 3 rings (SSSR count). The number of amides is 1. The standard InChI is InChI=1S/C15H17N3O2S/c1-20-9-12-7-18-14(21-12)8-17-11-2-3-13-10(6-11)4-5-16-15(13)19/h2-3,6-7,17H,4-5,8-9H2,1H3,(H,16,19). The molecule has 2 heterocycles. The molecule has 1 aliphatic rings. The Hall–Kier alpha value is -1.92. The average molecular weight is 303 g/mol. The van der Waals surface area contributed by atoms with E-state index in [9.17, 15) is 4.79 Å². The maximum atomic E-state index is 11.7. The number of aromatic nitrogens is 1. The molecule has 110 valence electrons. The van der Waals surface area contributed by atoms with Gasteiger partial charge in [-0.15, -0.1) is 11.3 Å². The van der Waals surface area contributed by atoms with Crippen molar-refractivity contribution in [1.29, 1.82) is 0 Å². The molecule has 21 heavy (non-hydrogen) atoms. The number of nitrogens with one attached hydrogen (secondary N) is 2. The number of hydrogen-bond acceptors (Lipinski definition) is 5. The lowest BCUT2D eigenvalue weighted by Crippen LogP contribution is -2.31. The molecule has 1 aromatic carbocycles. The van der Waals surface area contributed by atoms with Gasteiger partial charge in [0.2, 0.25) is 0 Å². The van der Waals surface area contributed by atoms with Crippen molar-refractivity contribution in [2.45, 2.75) is 19.6 Å². The number of carbonyl (C=O) groups excluding carboxylic acids is 1. The SMILES string of the molecule is COCc1cnc(CNc2ccc3c(c2)CCNC3=O)s1. The second kappa shape index (κ2) is 6.24.